The van der Waals surface area contributed by atoms with E-state index in [1.54, 1.807) is 18.2 Å². The summed E-state index contributed by atoms with van der Waals surface area (Å²) in [6, 6.07) is 13.0. The van der Waals surface area contributed by atoms with Crippen LogP contribution < -0.4 is 11.1 Å². The molecule has 4 rings (SSSR count). The van der Waals surface area contributed by atoms with E-state index in [0.717, 1.165) is 18.2 Å². The Bertz CT molecular complexity index is 1300. The summed E-state index contributed by atoms with van der Waals surface area (Å²) in [5.41, 5.74) is 6.20. The third kappa shape index (κ3) is 4.45. The molecule has 0 spiro atoms. The number of aromatic nitrogens is 2. The zero-order chi connectivity index (χ0) is 22.2. The lowest BCUT2D eigenvalue weighted by atomic mass is 10.0. The molecule has 1 aromatic heterocycles. The Morgan fingerprint density at radius 1 is 0.968 bits per heavy atom. The molecule has 3 aromatic carbocycles. The van der Waals surface area contributed by atoms with E-state index in [1.165, 1.54) is 30.5 Å². The van der Waals surface area contributed by atoms with Gasteiger partial charge in [0.2, 0.25) is 5.95 Å². The first-order valence-electron chi connectivity index (χ1n) is 9.01. The fourth-order valence-electron chi connectivity index (χ4n) is 3.09. The van der Waals surface area contributed by atoms with Gasteiger partial charge in [-0.3, -0.25) is 4.79 Å². The fourth-order valence-corrected chi connectivity index (χ4v) is 3.09. The van der Waals surface area contributed by atoms with E-state index < -0.39 is 23.5 Å². The molecule has 5 nitrogen and oxygen atoms in total. The molecule has 0 radical (unpaired) electrons. The van der Waals surface area contributed by atoms with E-state index in [4.69, 9.17) is 5.73 Å². The molecule has 0 aliphatic rings. The fraction of sp³-hybridized carbons (Fsp3) is 0.0455. The van der Waals surface area contributed by atoms with Crippen molar-refractivity contribution in [2.75, 3.05) is 11.1 Å². The van der Waals surface area contributed by atoms with Gasteiger partial charge in [-0.15, -0.1) is 0 Å². The lowest BCUT2D eigenvalue weighted by Crippen LogP contribution is -2.13. The molecule has 0 aliphatic carbocycles. The molecule has 1 amide bonds. The summed E-state index contributed by atoms with van der Waals surface area (Å²) in [6.45, 7) is 0. The number of hydrogen-bond donors (Lipinski definition) is 2. The molecule has 0 unspecified atom stereocenters. The SMILES string of the molecule is Nc1ncc2cc(-c3cc(F)cc(C(=O)Nc4cccc(C(F)(F)F)c4)c3)ccc2n1. The van der Waals surface area contributed by atoms with Crippen LogP contribution in [0.2, 0.25) is 0 Å². The van der Waals surface area contributed by atoms with Crippen molar-refractivity contribution < 1.29 is 22.4 Å². The number of carbonyl (C=O) groups excluding carboxylic acids is 1. The normalized spacial score (nSPS) is 11.5. The number of anilines is 2. The second kappa shape index (κ2) is 7.67. The van der Waals surface area contributed by atoms with Crippen molar-refractivity contribution in [2.24, 2.45) is 0 Å². The van der Waals surface area contributed by atoms with Gasteiger partial charge in [-0.1, -0.05) is 12.1 Å². The van der Waals surface area contributed by atoms with E-state index in [-0.39, 0.29) is 17.2 Å². The standard InChI is InChI=1S/C22H14F4N4O/c23-17-8-13(12-4-5-19-15(6-12)11-28-21(27)30-19)7-14(9-17)20(31)29-18-3-1-2-16(10-18)22(24,25)26/h1-11H,(H,29,31)(H2,27,28,30). The van der Waals surface area contributed by atoms with Crippen molar-refractivity contribution in [1.82, 2.24) is 9.97 Å². The van der Waals surface area contributed by atoms with Crippen LogP contribution in [0, 0.1) is 5.82 Å². The third-order valence-electron chi connectivity index (χ3n) is 4.54. The van der Waals surface area contributed by atoms with Crippen molar-refractivity contribution in [3.63, 3.8) is 0 Å². The van der Waals surface area contributed by atoms with E-state index >= 15 is 0 Å². The number of fused-ring (bicyclic) bond motifs is 1. The number of carbonyl (C=O) groups is 1. The first-order chi connectivity index (χ1) is 14.7. The van der Waals surface area contributed by atoms with Crippen LogP contribution in [-0.2, 0) is 6.18 Å². The Kier molecular flexibility index (Phi) is 5.02. The number of halogens is 4. The first-order valence-corrected chi connectivity index (χ1v) is 9.01. The van der Waals surface area contributed by atoms with Crippen LogP contribution in [0.1, 0.15) is 15.9 Å². The van der Waals surface area contributed by atoms with Gasteiger partial charge in [0.1, 0.15) is 5.82 Å². The molecule has 3 N–H and O–H groups in total. The molecule has 156 valence electrons. The summed E-state index contributed by atoms with van der Waals surface area (Å²) >= 11 is 0. The summed E-state index contributed by atoms with van der Waals surface area (Å²) in [5.74, 6) is -1.28. The Labute approximate surface area is 173 Å². The zero-order valence-corrected chi connectivity index (χ0v) is 15.7. The highest BCUT2D eigenvalue weighted by molar-refractivity contribution is 6.05. The summed E-state index contributed by atoms with van der Waals surface area (Å²) in [4.78, 5) is 20.6. The summed E-state index contributed by atoms with van der Waals surface area (Å²) < 4.78 is 52.9. The molecule has 0 fully saturated rings. The second-order valence-corrected chi connectivity index (χ2v) is 6.76. The van der Waals surface area contributed by atoms with E-state index in [0.29, 0.717) is 22.0 Å². The molecule has 1 heterocycles. The van der Waals surface area contributed by atoms with Crippen LogP contribution in [0.3, 0.4) is 0 Å². The van der Waals surface area contributed by atoms with Crippen LogP contribution in [0.5, 0.6) is 0 Å². The molecule has 4 aromatic rings. The number of nitrogens with zero attached hydrogens (tertiary/aromatic N) is 2. The molecular formula is C22H14F4N4O. The Morgan fingerprint density at radius 2 is 1.77 bits per heavy atom. The predicted octanol–water partition coefficient (Wildman–Crippen LogP) is 5.29. The number of nitrogens with two attached hydrogens (primary N) is 1. The molecule has 0 saturated heterocycles. The number of hydrogen-bond acceptors (Lipinski definition) is 4. The Balaban J connectivity index is 1.65. The highest BCUT2D eigenvalue weighted by Crippen LogP contribution is 2.31. The minimum atomic E-state index is -4.54. The number of amides is 1. The minimum Gasteiger partial charge on any atom is -0.368 e. The van der Waals surface area contributed by atoms with Crippen LogP contribution in [0.4, 0.5) is 29.2 Å². The van der Waals surface area contributed by atoms with Crippen LogP contribution in [0.25, 0.3) is 22.0 Å². The topological polar surface area (TPSA) is 80.9 Å². The van der Waals surface area contributed by atoms with Crippen LogP contribution in [0.15, 0.2) is 66.9 Å². The van der Waals surface area contributed by atoms with Gasteiger partial charge in [0, 0.05) is 22.8 Å². The highest BCUT2D eigenvalue weighted by atomic mass is 19.4. The number of rotatable bonds is 3. The lowest BCUT2D eigenvalue weighted by molar-refractivity contribution is -0.137. The molecule has 0 saturated carbocycles. The van der Waals surface area contributed by atoms with Gasteiger partial charge in [-0.2, -0.15) is 13.2 Å². The Morgan fingerprint density at radius 3 is 2.55 bits per heavy atom. The average molecular weight is 426 g/mol. The van der Waals surface area contributed by atoms with Gasteiger partial charge in [0.05, 0.1) is 11.1 Å². The molecule has 0 aliphatic heterocycles. The van der Waals surface area contributed by atoms with Gasteiger partial charge in [-0.25, -0.2) is 14.4 Å². The van der Waals surface area contributed by atoms with Gasteiger partial charge >= 0.3 is 6.18 Å². The van der Waals surface area contributed by atoms with E-state index in [2.05, 4.69) is 15.3 Å². The second-order valence-electron chi connectivity index (χ2n) is 6.76. The lowest BCUT2D eigenvalue weighted by Gasteiger charge is -2.11. The summed E-state index contributed by atoms with van der Waals surface area (Å²) in [7, 11) is 0. The van der Waals surface area contributed by atoms with Crippen molar-refractivity contribution >= 4 is 28.4 Å². The predicted molar refractivity (Wildman–Crippen MR) is 109 cm³/mol. The smallest absolute Gasteiger partial charge is 0.368 e. The molecule has 0 atom stereocenters. The van der Waals surface area contributed by atoms with Gasteiger partial charge in [0.25, 0.3) is 5.91 Å². The third-order valence-corrected chi connectivity index (χ3v) is 4.54. The minimum absolute atomic E-state index is 0.0407. The quantitative estimate of drug-likeness (QED) is 0.436. The Hall–Kier alpha value is -4.01. The van der Waals surface area contributed by atoms with Gasteiger partial charge in [-0.05, 0) is 59.7 Å². The maximum atomic E-state index is 14.2. The van der Waals surface area contributed by atoms with Crippen molar-refractivity contribution in [3.8, 4) is 11.1 Å². The number of nitrogen functional groups attached to an aromatic ring is 1. The van der Waals surface area contributed by atoms with Crippen LogP contribution >= 0.6 is 0 Å². The van der Waals surface area contributed by atoms with Crippen LogP contribution in [-0.4, -0.2) is 15.9 Å². The number of nitrogens with one attached hydrogen (secondary N) is 1. The largest absolute Gasteiger partial charge is 0.416 e. The molecule has 9 heteroatoms. The highest BCUT2D eigenvalue weighted by Gasteiger charge is 2.30. The van der Waals surface area contributed by atoms with E-state index in [1.807, 2.05) is 0 Å². The first kappa shape index (κ1) is 20.3. The summed E-state index contributed by atoms with van der Waals surface area (Å²) in [6.07, 6.45) is -3.01. The molecular weight excluding hydrogens is 412 g/mol. The summed E-state index contributed by atoms with van der Waals surface area (Å²) in [5, 5.41) is 3.05. The molecule has 0 bridgehead atoms. The van der Waals surface area contributed by atoms with Crippen molar-refractivity contribution in [2.45, 2.75) is 6.18 Å². The number of alkyl halides is 3. The monoisotopic (exact) mass is 426 g/mol. The maximum Gasteiger partial charge on any atom is 0.416 e. The van der Waals surface area contributed by atoms with Crippen molar-refractivity contribution in [1.29, 1.82) is 0 Å². The zero-order valence-electron chi connectivity index (χ0n) is 15.7. The average Bonchev–Trinajstić information content (AvgIpc) is 2.72. The van der Waals surface area contributed by atoms with Gasteiger partial charge < -0.3 is 11.1 Å². The number of benzene rings is 3. The maximum absolute atomic E-state index is 14.2. The molecule has 31 heavy (non-hydrogen) atoms. The van der Waals surface area contributed by atoms with Crippen molar-refractivity contribution in [3.05, 3.63) is 83.8 Å². The van der Waals surface area contributed by atoms with Gasteiger partial charge in [0.15, 0.2) is 0 Å². The van der Waals surface area contributed by atoms with E-state index in [9.17, 15) is 22.4 Å².